The zero-order valence-electron chi connectivity index (χ0n) is 14.4. The van der Waals surface area contributed by atoms with Crippen molar-refractivity contribution in [3.05, 3.63) is 65.2 Å². The fraction of sp³-hybridized carbons (Fsp3) is 0.300. The van der Waals surface area contributed by atoms with Crippen LogP contribution in [-0.2, 0) is 4.74 Å². The smallest absolute Gasteiger partial charge is 0.337 e. The molecule has 0 aliphatic carbocycles. The molecule has 0 N–H and O–H groups in total. The number of benzene rings is 2. The Morgan fingerprint density at radius 1 is 1.04 bits per heavy atom. The van der Waals surface area contributed by atoms with E-state index in [0.717, 1.165) is 30.7 Å². The average Bonchev–Trinajstić information content (AvgIpc) is 3.16. The quantitative estimate of drug-likeness (QED) is 0.801. The summed E-state index contributed by atoms with van der Waals surface area (Å²) in [5.41, 5.74) is 2.09. The molecule has 1 aliphatic rings. The summed E-state index contributed by atoms with van der Waals surface area (Å²) in [6, 6.07) is 14.5. The van der Waals surface area contributed by atoms with Crippen molar-refractivity contribution in [3.63, 3.8) is 0 Å². The van der Waals surface area contributed by atoms with Crippen LogP contribution in [0.15, 0.2) is 48.5 Å². The van der Waals surface area contributed by atoms with Gasteiger partial charge in [-0.1, -0.05) is 12.1 Å². The van der Waals surface area contributed by atoms with Crippen molar-refractivity contribution < 1.29 is 19.1 Å². The van der Waals surface area contributed by atoms with Gasteiger partial charge in [-0.2, -0.15) is 0 Å². The number of hydrogen-bond donors (Lipinski definition) is 0. The lowest BCUT2D eigenvalue weighted by atomic mass is 10.0. The first-order valence-corrected chi connectivity index (χ1v) is 8.27. The van der Waals surface area contributed by atoms with E-state index in [-0.39, 0.29) is 11.9 Å². The number of methoxy groups -OCH3 is 2. The molecule has 1 aliphatic heterocycles. The number of esters is 1. The molecule has 3 rings (SSSR count). The second-order valence-electron chi connectivity index (χ2n) is 6.00. The number of carbonyl (C=O) groups is 2. The average molecular weight is 339 g/mol. The van der Waals surface area contributed by atoms with Crippen LogP contribution in [-0.4, -0.2) is 37.5 Å². The van der Waals surface area contributed by atoms with Gasteiger partial charge >= 0.3 is 5.97 Å². The number of carbonyl (C=O) groups excluding carboxylic acids is 2. The number of ether oxygens (including phenoxy) is 2. The summed E-state index contributed by atoms with van der Waals surface area (Å²) in [6.07, 6.45) is 1.90. The third-order valence-electron chi connectivity index (χ3n) is 4.55. The molecule has 130 valence electrons. The van der Waals surface area contributed by atoms with Crippen LogP contribution in [0.5, 0.6) is 5.75 Å². The van der Waals surface area contributed by atoms with Gasteiger partial charge in [0, 0.05) is 12.1 Å². The summed E-state index contributed by atoms with van der Waals surface area (Å²) in [7, 11) is 2.98. The molecule has 2 aromatic carbocycles. The Bertz CT molecular complexity index is 770. The summed E-state index contributed by atoms with van der Waals surface area (Å²) in [5, 5.41) is 0. The Hall–Kier alpha value is -2.82. The predicted molar refractivity (Wildman–Crippen MR) is 93.8 cm³/mol. The monoisotopic (exact) mass is 339 g/mol. The highest BCUT2D eigenvalue weighted by molar-refractivity contribution is 5.96. The zero-order chi connectivity index (χ0) is 17.8. The second kappa shape index (κ2) is 7.38. The normalized spacial score (nSPS) is 16.6. The van der Waals surface area contributed by atoms with E-state index in [1.807, 2.05) is 29.2 Å². The van der Waals surface area contributed by atoms with Gasteiger partial charge in [0.15, 0.2) is 0 Å². The van der Waals surface area contributed by atoms with E-state index in [9.17, 15) is 9.59 Å². The first kappa shape index (κ1) is 17.0. The first-order chi connectivity index (χ1) is 12.1. The minimum absolute atomic E-state index is 0.0262. The lowest BCUT2D eigenvalue weighted by Gasteiger charge is -2.25. The lowest BCUT2D eigenvalue weighted by Crippen LogP contribution is -2.30. The van der Waals surface area contributed by atoms with Gasteiger partial charge in [-0.05, 0) is 54.8 Å². The Balaban J connectivity index is 1.81. The number of amides is 1. The van der Waals surface area contributed by atoms with Crippen molar-refractivity contribution in [2.75, 3.05) is 20.8 Å². The zero-order valence-corrected chi connectivity index (χ0v) is 14.4. The molecule has 25 heavy (non-hydrogen) atoms. The van der Waals surface area contributed by atoms with Crippen LogP contribution in [0.4, 0.5) is 0 Å². The molecule has 1 saturated heterocycles. The molecule has 0 aromatic heterocycles. The van der Waals surface area contributed by atoms with E-state index in [2.05, 4.69) is 4.74 Å². The maximum atomic E-state index is 12.9. The van der Waals surface area contributed by atoms with Gasteiger partial charge in [-0.15, -0.1) is 0 Å². The highest BCUT2D eigenvalue weighted by Crippen LogP contribution is 2.34. The van der Waals surface area contributed by atoms with E-state index >= 15 is 0 Å². The standard InChI is InChI=1S/C20H21NO4/c1-24-17-6-3-5-16(13-17)18-7-4-12-21(18)19(22)14-8-10-15(11-9-14)20(23)25-2/h3,5-6,8-11,13,18H,4,7,12H2,1-2H3. The molecule has 1 heterocycles. The molecule has 2 aromatic rings. The van der Waals surface area contributed by atoms with Gasteiger partial charge in [0.2, 0.25) is 0 Å². The Kier molecular flexibility index (Phi) is 5.03. The maximum absolute atomic E-state index is 12.9. The molecule has 1 unspecified atom stereocenters. The van der Waals surface area contributed by atoms with E-state index < -0.39 is 5.97 Å². The molecule has 0 spiro atoms. The molecular weight excluding hydrogens is 318 g/mol. The van der Waals surface area contributed by atoms with Gasteiger partial charge < -0.3 is 14.4 Å². The molecule has 0 radical (unpaired) electrons. The Morgan fingerprint density at radius 3 is 2.44 bits per heavy atom. The van der Waals surface area contributed by atoms with Crippen molar-refractivity contribution in [1.82, 2.24) is 4.90 Å². The van der Waals surface area contributed by atoms with Crippen molar-refractivity contribution in [3.8, 4) is 5.75 Å². The summed E-state index contributed by atoms with van der Waals surface area (Å²) >= 11 is 0. The predicted octanol–water partition coefficient (Wildman–Crippen LogP) is 3.46. The van der Waals surface area contributed by atoms with E-state index in [1.54, 1.807) is 31.4 Å². The molecule has 5 heteroatoms. The summed E-state index contributed by atoms with van der Waals surface area (Å²) < 4.78 is 9.98. The number of hydrogen-bond acceptors (Lipinski definition) is 4. The summed E-state index contributed by atoms with van der Waals surface area (Å²) in [5.74, 6) is 0.357. The largest absolute Gasteiger partial charge is 0.497 e. The Morgan fingerprint density at radius 2 is 1.76 bits per heavy atom. The number of rotatable bonds is 4. The first-order valence-electron chi connectivity index (χ1n) is 8.27. The maximum Gasteiger partial charge on any atom is 0.337 e. The van der Waals surface area contributed by atoms with Crippen LogP contribution < -0.4 is 4.74 Å². The van der Waals surface area contributed by atoms with Crippen molar-refractivity contribution in [1.29, 1.82) is 0 Å². The molecular formula is C20H21NO4. The van der Waals surface area contributed by atoms with E-state index in [1.165, 1.54) is 7.11 Å². The minimum atomic E-state index is -0.408. The van der Waals surface area contributed by atoms with E-state index in [4.69, 9.17) is 4.74 Å². The highest BCUT2D eigenvalue weighted by atomic mass is 16.5. The van der Waals surface area contributed by atoms with Gasteiger partial charge in [0.05, 0.1) is 25.8 Å². The molecule has 1 fully saturated rings. The molecule has 0 bridgehead atoms. The van der Waals surface area contributed by atoms with Gasteiger partial charge in [-0.25, -0.2) is 4.79 Å². The van der Waals surface area contributed by atoms with Crippen LogP contribution in [0.25, 0.3) is 0 Å². The van der Waals surface area contributed by atoms with Crippen LogP contribution in [0.1, 0.15) is 45.2 Å². The topological polar surface area (TPSA) is 55.8 Å². The van der Waals surface area contributed by atoms with Gasteiger partial charge in [-0.3, -0.25) is 4.79 Å². The number of nitrogens with zero attached hydrogens (tertiary/aromatic N) is 1. The molecule has 0 saturated carbocycles. The van der Waals surface area contributed by atoms with Gasteiger partial charge in [0.25, 0.3) is 5.91 Å². The second-order valence-corrected chi connectivity index (χ2v) is 6.00. The fourth-order valence-electron chi connectivity index (χ4n) is 3.24. The van der Waals surface area contributed by atoms with Crippen molar-refractivity contribution >= 4 is 11.9 Å². The fourth-order valence-corrected chi connectivity index (χ4v) is 3.24. The minimum Gasteiger partial charge on any atom is -0.497 e. The van der Waals surface area contributed by atoms with Crippen LogP contribution in [0, 0.1) is 0 Å². The molecule has 1 atom stereocenters. The highest BCUT2D eigenvalue weighted by Gasteiger charge is 2.30. The van der Waals surface area contributed by atoms with E-state index in [0.29, 0.717) is 11.1 Å². The van der Waals surface area contributed by atoms with Crippen LogP contribution in [0.3, 0.4) is 0 Å². The third kappa shape index (κ3) is 3.50. The molecule has 5 nitrogen and oxygen atoms in total. The Labute approximate surface area is 147 Å². The van der Waals surface area contributed by atoms with Crippen molar-refractivity contribution in [2.24, 2.45) is 0 Å². The SMILES string of the molecule is COC(=O)c1ccc(C(=O)N2CCCC2c2cccc(OC)c2)cc1. The van der Waals surface area contributed by atoms with Crippen LogP contribution in [0.2, 0.25) is 0 Å². The molecule has 1 amide bonds. The summed E-state index contributed by atoms with van der Waals surface area (Å²) in [6.45, 7) is 0.722. The van der Waals surface area contributed by atoms with Gasteiger partial charge in [0.1, 0.15) is 5.75 Å². The summed E-state index contributed by atoms with van der Waals surface area (Å²) in [4.78, 5) is 26.3. The van der Waals surface area contributed by atoms with Crippen LogP contribution >= 0.6 is 0 Å². The number of likely N-dealkylation sites (tertiary alicyclic amines) is 1. The third-order valence-corrected chi connectivity index (χ3v) is 4.55. The lowest BCUT2D eigenvalue weighted by molar-refractivity contribution is 0.0599. The van der Waals surface area contributed by atoms with Crippen molar-refractivity contribution in [2.45, 2.75) is 18.9 Å².